The van der Waals surface area contributed by atoms with E-state index in [4.69, 9.17) is 4.74 Å². The van der Waals surface area contributed by atoms with Crippen LogP contribution in [-0.2, 0) is 11.2 Å². The highest BCUT2D eigenvalue weighted by atomic mass is 16.5. The zero-order valence-corrected chi connectivity index (χ0v) is 12.4. The van der Waals surface area contributed by atoms with Crippen LogP contribution in [0.25, 0.3) is 0 Å². The average Bonchev–Trinajstić information content (AvgIpc) is 2.54. The average molecular weight is 298 g/mol. The summed E-state index contributed by atoms with van der Waals surface area (Å²) in [5, 5.41) is 9.73. The quantitative estimate of drug-likeness (QED) is 0.630. The van der Waals surface area contributed by atoms with Crippen molar-refractivity contribution in [2.24, 2.45) is 0 Å². The van der Waals surface area contributed by atoms with Gasteiger partial charge in [0, 0.05) is 6.42 Å². The number of carbonyl (C=O) groups is 2. The summed E-state index contributed by atoms with van der Waals surface area (Å²) >= 11 is 0. The number of methoxy groups -OCH3 is 1. The molecule has 0 unspecified atom stereocenters. The fraction of sp³-hybridized carbons (Fsp3) is 0.222. The van der Waals surface area contributed by atoms with Crippen LogP contribution >= 0.6 is 0 Å². The lowest BCUT2D eigenvalue weighted by molar-refractivity contribution is -0.118. The molecule has 22 heavy (non-hydrogen) atoms. The Morgan fingerprint density at radius 3 is 2.50 bits per heavy atom. The van der Waals surface area contributed by atoms with Crippen LogP contribution in [0.1, 0.15) is 28.8 Å². The summed E-state index contributed by atoms with van der Waals surface area (Å²) in [7, 11) is 1.48. The molecular weight excluding hydrogens is 280 g/mol. The van der Waals surface area contributed by atoms with E-state index in [-0.39, 0.29) is 23.5 Å². The molecular formula is C18H18O4. The minimum Gasteiger partial charge on any atom is -0.507 e. The van der Waals surface area contributed by atoms with Crippen LogP contribution in [0.4, 0.5) is 0 Å². The van der Waals surface area contributed by atoms with Gasteiger partial charge in [-0.3, -0.25) is 9.59 Å². The van der Waals surface area contributed by atoms with E-state index in [1.807, 2.05) is 30.3 Å². The number of aryl methyl sites for hydroxylation is 1. The van der Waals surface area contributed by atoms with Crippen molar-refractivity contribution < 1.29 is 19.4 Å². The predicted molar refractivity (Wildman–Crippen MR) is 83.4 cm³/mol. The van der Waals surface area contributed by atoms with Gasteiger partial charge in [0.25, 0.3) is 0 Å². The van der Waals surface area contributed by atoms with Gasteiger partial charge < -0.3 is 9.84 Å². The molecule has 0 aliphatic rings. The van der Waals surface area contributed by atoms with E-state index in [0.29, 0.717) is 18.6 Å². The van der Waals surface area contributed by atoms with E-state index in [9.17, 15) is 14.7 Å². The lowest BCUT2D eigenvalue weighted by atomic mass is 10.0. The second-order valence-electron chi connectivity index (χ2n) is 5.01. The second-order valence-corrected chi connectivity index (χ2v) is 5.01. The molecule has 1 N–H and O–H groups in total. The Morgan fingerprint density at radius 1 is 1.09 bits per heavy atom. The lowest BCUT2D eigenvalue weighted by Gasteiger charge is -2.06. The summed E-state index contributed by atoms with van der Waals surface area (Å²) in [6.07, 6.45) is 0.699. The van der Waals surface area contributed by atoms with Crippen LogP contribution in [0.5, 0.6) is 11.5 Å². The molecule has 4 heteroatoms. The first-order chi connectivity index (χ1) is 10.6. The Labute approximate surface area is 129 Å². The Morgan fingerprint density at radius 2 is 1.82 bits per heavy atom. The maximum Gasteiger partial charge on any atom is 0.174 e. The molecule has 0 heterocycles. The number of benzene rings is 2. The van der Waals surface area contributed by atoms with Crippen molar-refractivity contribution in [1.82, 2.24) is 0 Å². The van der Waals surface area contributed by atoms with E-state index in [1.54, 1.807) is 6.07 Å². The van der Waals surface area contributed by atoms with Crippen molar-refractivity contribution in [2.75, 3.05) is 7.11 Å². The van der Waals surface area contributed by atoms with E-state index >= 15 is 0 Å². The van der Waals surface area contributed by atoms with E-state index < -0.39 is 5.78 Å². The zero-order chi connectivity index (χ0) is 15.9. The monoisotopic (exact) mass is 298 g/mol. The molecule has 4 nitrogen and oxygen atoms in total. The number of ketones is 2. The molecule has 2 aromatic rings. The Bertz CT molecular complexity index is 662. The van der Waals surface area contributed by atoms with Crippen molar-refractivity contribution >= 4 is 11.6 Å². The SMILES string of the molecule is COc1ccc(O)c(C(=O)CC(=O)CCc2ccccc2)c1. The first-order valence-electron chi connectivity index (χ1n) is 7.06. The van der Waals surface area contributed by atoms with Gasteiger partial charge >= 0.3 is 0 Å². The smallest absolute Gasteiger partial charge is 0.174 e. The van der Waals surface area contributed by atoms with Crippen LogP contribution in [0, 0.1) is 0 Å². The van der Waals surface area contributed by atoms with Gasteiger partial charge in [-0.2, -0.15) is 0 Å². The molecule has 0 fully saturated rings. The molecule has 2 aromatic carbocycles. The second kappa shape index (κ2) is 7.41. The van der Waals surface area contributed by atoms with Crippen LogP contribution < -0.4 is 4.74 Å². The van der Waals surface area contributed by atoms with Gasteiger partial charge in [-0.1, -0.05) is 30.3 Å². The van der Waals surface area contributed by atoms with Gasteiger partial charge in [-0.25, -0.2) is 0 Å². The van der Waals surface area contributed by atoms with Crippen LogP contribution in [0.15, 0.2) is 48.5 Å². The Hall–Kier alpha value is -2.62. The highest BCUT2D eigenvalue weighted by Gasteiger charge is 2.16. The third-order valence-corrected chi connectivity index (χ3v) is 3.40. The predicted octanol–water partition coefficient (Wildman–Crippen LogP) is 3.18. The molecule has 0 atom stereocenters. The number of Topliss-reactive ketones (excluding diaryl/α,β-unsaturated/α-hetero) is 2. The number of hydrogen-bond donors (Lipinski definition) is 1. The summed E-state index contributed by atoms with van der Waals surface area (Å²) in [5.74, 6) is -0.204. The topological polar surface area (TPSA) is 63.6 Å². The van der Waals surface area contributed by atoms with Gasteiger partial charge in [0.15, 0.2) is 5.78 Å². The number of phenols is 1. The minimum absolute atomic E-state index is 0.118. The fourth-order valence-electron chi connectivity index (χ4n) is 2.16. The summed E-state index contributed by atoms with van der Waals surface area (Å²) < 4.78 is 5.02. The number of rotatable bonds is 7. The van der Waals surface area contributed by atoms with Crippen molar-refractivity contribution in [3.05, 3.63) is 59.7 Å². The summed E-state index contributed by atoms with van der Waals surface area (Å²) in [6, 6.07) is 14.0. The molecule has 0 saturated carbocycles. The summed E-state index contributed by atoms with van der Waals surface area (Å²) in [5.41, 5.74) is 1.18. The van der Waals surface area contributed by atoms with Gasteiger partial charge in [-0.15, -0.1) is 0 Å². The van der Waals surface area contributed by atoms with Gasteiger partial charge in [-0.05, 0) is 30.2 Å². The number of hydrogen-bond acceptors (Lipinski definition) is 4. The third-order valence-electron chi connectivity index (χ3n) is 3.40. The molecule has 0 spiro atoms. The van der Waals surface area contributed by atoms with Crippen molar-refractivity contribution in [1.29, 1.82) is 0 Å². The summed E-state index contributed by atoms with van der Waals surface area (Å²) in [4.78, 5) is 24.1. The van der Waals surface area contributed by atoms with Crippen molar-refractivity contribution in [2.45, 2.75) is 19.3 Å². The molecule has 2 rings (SSSR count). The van der Waals surface area contributed by atoms with Crippen LogP contribution in [0.3, 0.4) is 0 Å². The number of carbonyl (C=O) groups excluding carboxylic acids is 2. The molecule has 0 radical (unpaired) electrons. The van der Waals surface area contributed by atoms with Crippen LogP contribution in [0.2, 0.25) is 0 Å². The van der Waals surface area contributed by atoms with Gasteiger partial charge in [0.2, 0.25) is 0 Å². The van der Waals surface area contributed by atoms with E-state index in [0.717, 1.165) is 5.56 Å². The maximum absolute atomic E-state index is 12.1. The highest BCUT2D eigenvalue weighted by Crippen LogP contribution is 2.24. The van der Waals surface area contributed by atoms with E-state index in [1.165, 1.54) is 19.2 Å². The Kier molecular flexibility index (Phi) is 5.31. The van der Waals surface area contributed by atoms with Gasteiger partial charge in [0.05, 0.1) is 19.1 Å². The first kappa shape index (κ1) is 15.8. The highest BCUT2D eigenvalue weighted by molar-refractivity contribution is 6.09. The number of ether oxygens (including phenoxy) is 1. The maximum atomic E-state index is 12.1. The fourth-order valence-corrected chi connectivity index (χ4v) is 2.16. The molecule has 0 aliphatic heterocycles. The van der Waals surface area contributed by atoms with Crippen molar-refractivity contribution in [3.63, 3.8) is 0 Å². The lowest BCUT2D eigenvalue weighted by Crippen LogP contribution is -2.09. The number of aromatic hydroxyl groups is 1. The van der Waals surface area contributed by atoms with E-state index in [2.05, 4.69) is 0 Å². The summed E-state index contributed by atoms with van der Waals surface area (Å²) in [6.45, 7) is 0. The third kappa shape index (κ3) is 4.19. The molecule has 0 aromatic heterocycles. The molecule has 0 aliphatic carbocycles. The molecule has 0 bridgehead atoms. The standard InChI is InChI=1S/C18H18O4/c1-22-15-9-10-17(20)16(12-15)18(21)11-14(19)8-7-13-5-3-2-4-6-13/h2-6,9-10,12,20H,7-8,11H2,1H3. The number of phenolic OH excluding ortho intramolecular Hbond substituents is 1. The Balaban J connectivity index is 1.95. The van der Waals surface area contributed by atoms with Crippen LogP contribution in [-0.4, -0.2) is 23.8 Å². The molecule has 114 valence electrons. The zero-order valence-electron chi connectivity index (χ0n) is 12.4. The van der Waals surface area contributed by atoms with Gasteiger partial charge in [0.1, 0.15) is 17.3 Å². The normalized spacial score (nSPS) is 10.2. The minimum atomic E-state index is -0.394. The largest absolute Gasteiger partial charge is 0.507 e. The first-order valence-corrected chi connectivity index (χ1v) is 7.06. The van der Waals surface area contributed by atoms with Crippen molar-refractivity contribution in [3.8, 4) is 11.5 Å². The molecule has 0 saturated heterocycles. The molecule has 0 amide bonds.